The third-order valence-corrected chi connectivity index (χ3v) is 9.80. The summed E-state index contributed by atoms with van der Waals surface area (Å²) >= 11 is 0. The predicted molar refractivity (Wildman–Crippen MR) is 171 cm³/mol. The Balaban J connectivity index is 1.24. The van der Waals surface area contributed by atoms with E-state index in [1.807, 2.05) is 0 Å². The normalized spacial score (nSPS) is 20.0. The number of halogens is 8. The van der Waals surface area contributed by atoms with Gasteiger partial charge in [-0.05, 0) is 67.1 Å². The van der Waals surface area contributed by atoms with Crippen LogP contribution in [-0.2, 0) is 29.9 Å². The van der Waals surface area contributed by atoms with Gasteiger partial charge in [-0.1, -0.05) is 6.07 Å². The van der Waals surface area contributed by atoms with Gasteiger partial charge in [-0.15, -0.1) is 0 Å². The highest BCUT2D eigenvalue weighted by molar-refractivity contribution is 5.95. The van der Waals surface area contributed by atoms with E-state index in [9.17, 15) is 41.0 Å². The van der Waals surface area contributed by atoms with Crippen LogP contribution in [0.15, 0.2) is 46.9 Å². The van der Waals surface area contributed by atoms with E-state index in [4.69, 9.17) is 10.2 Å². The number of oxazole rings is 1. The minimum Gasteiger partial charge on any atom is -0.404 e. The molecule has 11 nitrogen and oxygen atoms in total. The van der Waals surface area contributed by atoms with Gasteiger partial charge in [0.1, 0.15) is 35.2 Å². The van der Waals surface area contributed by atoms with E-state index in [-0.39, 0.29) is 59.1 Å². The molecule has 0 bridgehead atoms. The van der Waals surface area contributed by atoms with Gasteiger partial charge in [0.15, 0.2) is 5.69 Å². The zero-order valence-electron chi connectivity index (χ0n) is 27.8. The third-order valence-electron chi connectivity index (χ3n) is 9.80. The summed E-state index contributed by atoms with van der Waals surface area (Å²) in [4.78, 5) is 36.4. The monoisotopic (exact) mass is 761 g/mol. The SMILES string of the molecule is CC1(O)CN(c2nc3cc(-c4ccc(F)c(C(N)=O)c4)c([C@H](Cc4cc(F)cc(F)c4)NC(=O)Cn4nc(C(F)(F)F)c5c4C(F)(F)C4C[C@H]54)nc3o2)C1. The maximum absolute atomic E-state index is 15.3. The molecule has 2 aliphatic carbocycles. The van der Waals surface area contributed by atoms with E-state index in [1.54, 1.807) is 11.8 Å². The number of β-amino-alcohol motifs (C(OH)–C–C–N with tert-alkyl or cyclic N) is 1. The first-order valence-electron chi connectivity index (χ1n) is 16.5. The molecule has 0 radical (unpaired) electrons. The number of rotatable bonds is 9. The lowest BCUT2D eigenvalue weighted by molar-refractivity contribution is -0.142. The van der Waals surface area contributed by atoms with Crippen LogP contribution in [-0.4, -0.2) is 55.4 Å². The van der Waals surface area contributed by atoms with Crippen molar-refractivity contribution in [3.05, 3.63) is 93.7 Å². The molecule has 282 valence electrons. The first kappa shape index (κ1) is 35.4. The van der Waals surface area contributed by atoms with Gasteiger partial charge in [-0.2, -0.15) is 32.0 Å². The molecule has 8 rings (SSSR count). The number of anilines is 1. The molecule has 1 saturated carbocycles. The molecule has 19 heteroatoms. The molecule has 1 unspecified atom stereocenters. The number of aromatic nitrogens is 4. The van der Waals surface area contributed by atoms with E-state index in [0.717, 1.165) is 24.3 Å². The maximum atomic E-state index is 15.3. The van der Waals surface area contributed by atoms with Crippen LogP contribution in [0.3, 0.4) is 0 Å². The molecule has 1 aliphatic heterocycles. The summed E-state index contributed by atoms with van der Waals surface area (Å²) in [6, 6.07) is 5.82. The molecule has 2 amide bonds. The van der Waals surface area contributed by atoms with Gasteiger partial charge in [0.2, 0.25) is 11.6 Å². The number of carbonyl (C=O) groups is 2. The first-order chi connectivity index (χ1) is 25.3. The van der Waals surface area contributed by atoms with Crippen LogP contribution in [0.2, 0.25) is 0 Å². The molecular formula is C35H27F8N7O4. The lowest BCUT2D eigenvalue weighted by atomic mass is 9.94. The van der Waals surface area contributed by atoms with Crippen molar-refractivity contribution in [2.24, 2.45) is 11.7 Å². The quantitative estimate of drug-likeness (QED) is 0.167. The minimum absolute atomic E-state index is 0.0328. The molecule has 54 heavy (non-hydrogen) atoms. The summed E-state index contributed by atoms with van der Waals surface area (Å²) in [6.07, 6.45) is -5.68. The molecular weight excluding hydrogens is 734 g/mol. The van der Waals surface area contributed by atoms with Crippen molar-refractivity contribution < 1.29 is 54.2 Å². The van der Waals surface area contributed by atoms with Gasteiger partial charge in [0.05, 0.1) is 36.0 Å². The van der Waals surface area contributed by atoms with Gasteiger partial charge >= 0.3 is 6.18 Å². The van der Waals surface area contributed by atoms with Crippen molar-refractivity contribution in [3.8, 4) is 11.1 Å². The summed E-state index contributed by atoms with van der Waals surface area (Å²) in [5.74, 6) is -11.3. The largest absolute Gasteiger partial charge is 0.435 e. The Kier molecular flexibility index (Phi) is 7.85. The van der Waals surface area contributed by atoms with Crippen LogP contribution < -0.4 is 16.0 Å². The number of alkyl halides is 5. The zero-order valence-corrected chi connectivity index (χ0v) is 27.8. The fourth-order valence-corrected chi connectivity index (χ4v) is 7.44. The third kappa shape index (κ3) is 6.08. The first-order valence-corrected chi connectivity index (χ1v) is 16.5. The lowest BCUT2D eigenvalue weighted by Gasteiger charge is -2.42. The number of nitrogens with zero attached hydrogens (tertiary/aromatic N) is 5. The van der Waals surface area contributed by atoms with E-state index in [0.29, 0.717) is 10.7 Å². The number of benzene rings is 2. The van der Waals surface area contributed by atoms with Crippen LogP contribution in [0.4, 0.5) is 41.1 Å². The number of nitrogens with one attached hydrogen (secondary N) is 1. The van der Waals surface area contributed by atoms with E-state index in [2.05, 4.69) is 20.4 Å². The van der Waals surface area contributed by atoms with Gasteiger partial charge in [0.25, 0.3) is 17.8 Å². The van der Waals surface area contributed by atoms with E-state index in [1.165, 1.54) is 12.1 Å². The number of hydrogen-bond acceptors (Lipinski definition) is 8. The summed E-state index contributed by atoms with van der Waals surface area (Å²) in [6.45, 7) is 0.788. The van der Waals surface area contributed by atoms with Crippen molar-refractivity contribution in [2.75, 3.05) is 18.0 Å². The van der Waals surface area contributed by atoms with Crippen molar-refractivity contribution >= 4 is 29.1 Å². The Labute approximate surface area is 298 Å². The number of pyridine rings is 1. The van der Waals surface area contributed by atoms with Crippen molar-refractivity contribution in [3.63, 3.8) is 0 Å². The number of carbonyl (C=O) groups excluding carboxylic acids is 2. The molecule has 2 aromatic carbocycles. The van der Waals surface area contributed by atoms with Crippen LogP contribution >= 0.6 is 0 Å². The zero-order chi connectivity index (χ0) is 38.6. The second-order valence-electron chi connectivity index (χ2n) is 14.1. The van der Waals surface area contributed by atoms with Crippen molar-refractivity contribution in [1.29, 1.82) is 0 Å². The lowest BCUT2D eigenvalue weighted by Crippen LogP contribution is -2.60. The topological polar surface area (TPSA) is 152 Å². The van der Waals surface area contributed by atoms with Gasteiger partial charge in [-0.3, -0.25) is 14.3 Å². The number of fused-ring (bicyclic) bond motifs is 4. The van der Waals surface area contributed by atoms with Crippen LogP contribution in [0.1, 0.15) is 63.9 Å². The van der Waals surface area contributed by atoms with Gasteiger partial charge in [-0.25, -0.2) is 18.2 Å². The molecule has 4 N–H and O–H groups in total. The number of hydrogen-bond donors (Lipinski definition) is 3. The van der Waals surface area contributed by atoms with Gasteiger partial charge < -0.3 is 25.5 Å². The number of primary amides is 1. The maximum Gasteiger partial charge on any atom is 0.435 e. The summed E-state index contributed by atoms with van der Waals surface area (Å²) < 4.78 is 122. The second-order valence-corrected chi connectivity index (χ2v) is 14.1. The molecule has 5 aromatic rings. The van der Waals surface area contributed by atoms with Crippen LogP contribution in [0.25, 0.3) is 22.4 Å². The second kappa shape index (κ2) is 12.0. The molecule has 3 aromatic heterocycles. The predicted octanol–water partition coefficient (Wildman–Crippen LogP) is 5.50. The Bertz CT molecular complexity index is 2360. The standard InChI is InChI=1S/C35H27F8N7O4/c1-33(53)12-49(13-33)32-46-24-10-18(15-2-3-22(38)20(7-15)30(44)52)27(47-31(24)54-32)23(6-14-4-16(36)8-17(37)5-14)45-25(51)11-50-29-26(28(48-50)35(41,42)43)19-9-21(19)34(29,39)40/h2-5,7-8,10,19,21,23,53H,6,9,11-13H2,1H3,(H2,44,52)(H,45,51)/t19-,21?,23-/m0/s1. The smallest absolute Gasteiger partial charge is 0.404 e. The Morgan fingerprint density at radius 1 is 1.07 bits per heavy atom. The molecule has 1 saturated heterocycles. The Morgan fingerprint density at radius 3 is 2.43 bits per heavy atom. The average Bonchev–Trinajstić information content (AvgIpc) is 3.51. The van der Waals surface area contributed by atoms with Crippen molar-refractivity contribution in [1.82, 2.24) is 25.1 Å². The van der Waals surface area contributed by atoms with Crippen molar-refractivity contribution in [2.45, 2.75) is 56.0 Å². The Morgan fingerprint density at radius 2 is 1.78 bits per heavy atom. The van der Waals surface area contributed by atoms with Gasteiger partial charge in [0, 0.05) is 23.1 Å². The molecule has 3 aliphatic rings. The minimum atomic E-state index is -5.09. The molecule has 0 spiro atoms. The number of amides is 2. The summed E-state index contributed by atoms with van der Waals surface area (Å²) in [5, 5.41) is 16.2. The van der Waals surface area contributed by atoms with E-state index >= 15 is 8.78 Å². The number of aliphatic hydroxyl groups is 1. The number of nitrogens with two attached hydrogens (primary N) is 1. The highest BCUT2D eigenvalue weighted by atomic mass is 19.4. The fraction of sp³-hybridized carbons (Fsp3) is 0.343. The summed E-state index contributed by atoms with van der Waals surface area (Å²) in [7, 11) is 0. The highest BCUT2D eigenvalue weighted by Crippen LogP contribution is 2.68. The highest BCUT2D eigenvalue weighted by Gasteiger charge is 2.68. The van der Waals surface area contributed by atoms with Crippen LogP contribution in [0.5, 0.6) is 0 Å². The molecule has 2 fully saturated rings. The summed E-state index contributed by atoms with van der Waals surface area (Å²) in [5.41, 5.74) is 0.680. The molecule has 4 heterocycles. The van der Waals surface area contributed by atoms with Crippen LogP contribution in [0, 0.1) is 23.4 Å². The fourth-order valence-electron chi connectivity index (χ4n) is 7.44. The Hall–Kier alpha value is -5.59. The van der Waals surface area contributed by atoms with E-state index < -0.39 is 100 Å². The molecule has 3 atom stereocenters. The average molecular weight is 762 g/mol.